The van der Waals surface area contributed by atoms with Gasteiger partial charge in [0.15, 0.2) is 0 Å². The molecule has 1 amide bonds. The lowest BCUT2D eigenvalue weighted by Crippen LogP contribution is -2.26. The van der Waals surface area contributed by atoms with E-state index in [1.165, 1.54) is 22.5 Å². The molecule has 3 aromatic carbocycles. The van der Waals surface area contributed by atoms with Gasteiger partial charge in [-0.25, -0.2) is 17.2 Å². The van der Waals surface area contributed by atoms with Crippen LogP contribution >= 0.6 is 22.6 Å². The minimum atomic E-state index is -3.73. The lowest BCUT2D eigenvalue weighted by molar-refractivity contribution is -0.117. The summed E-state index contributed by atoms with van der Waals surface area (Å²) in [5, 5.41) is 2.94. The van der Waals surface area contributed by atoms with Crippen LogP contribution in [0.5, 0.6) is 0 Å². The first-order chi connectivity index (χ1) is 19.2. The van der Waals surface area contributed by atoms with E-state index >= 15 is 0 Å². The van der Waals surface area contributed by atoms with Crippen LogP contribution in [0, 0.1) is 21.1 Å². The van der Waals surface area contributed by atoms with Crippen molar-refractivity contribution in [2.24, 2.45) is 5.92 Å². The van der Waals surface area contributed by atoms with Crippen molar-refractivity contribution in [3.63, 3.8) is 0 Å². The van der Waals surface area contributed by atoms with Gasteiger partial charge in [-0.05, 0) is 114 Å². The minimum absolute atomic E-state index is 0.0228. The largest absolute Gasteiger partial charge is 0.381 e. The molecule has 10 heteroatoms. The van der Waals surface area contributed by atoms with Crippen molar-refractivity contribution in [2.45, 2.75) is 49.0 Å². The maximum Gasteiger partial charge on any atom is 0.243 e. The van der Waals surface area contributed by atoms with Gasteiger partial charge in [0, 0.05) is 47.0 Å². The second-order valence-corrected chi connectivity index (χ2v) is 13.5. The van der Waals surface area contributed by atoms with Gasteiger partial charge < -0.3 is 10.1 Å². The zero-order chi connectivity index (χ0) is 28.3. The van der Waals surface area contributed by atoms with Gasteiger partial charge in [-0.15, -0.1) is 0 Å². The molecule has 6 nitrogen and oxygen atoms in total. The van der Waals surface area contributed by atoms with Gasteiger partial charge in [0.25, 0.3) is 0 Å². The molecule has 2 aliphatic rings. The van der Waals surface area contributed by atoms with Gasteiger partial charge in [-0.1, -0.05) is 18.2 Å². The number of halogens is 3. The third-order valence-corrected chi connectivity index (χ3v) is 10.4. The molecule has 0 radical (unpaired) electrons. The lowest BCUT2D eigenvalue weighted by Gasteiger charge is -2.30. The van der Waals surface area contributed by atoms with Crippen molar-refractivity contribution < 1.29 is 26.7 Å². The Morgan fingerprint density at radius 3 is 2.42 bits per heavy atom. The highest BCUT2D eigenvalue weighted by Crippen LogP contribution is 2.36. The molecule has 0 spiro atoms. The van der Waals surface area contributed by atoms with E-state index in [1.807, 2.05) is 12.1 Å². The molecular formula is C30H31F2IN2O4S. The number of hydrogen-bond donors (Lipinski definition) is 1. The molecule has 2 heterocycles. The fraction of sp³-hybridized carbons (Fsp3) is 0.367. The van der Waals surface area contributed by atoms with E-state index < -0.39 is 21.7 Å². The maximum atomic E-state index is 14.9. The number of hydrogen-bond acceptors (Lipinski definition) is 4. The summed E-state index contributed by atoms with van der Waals surface area (Å²) >= 11 is 2.26. The molecule has 0 aromatic heterocycles. The molecule has 3 atom stereocenters. The SMILES string of the molecule is O=C(C[C@H](c1ccc(I)cc1)C1CCOCC1)Nc1cccc(F)c1CC[C@H]1CN1S(=O)(=O)c1ccc(F)cc1. The maximum absolute atomic E-state index is 14.9. The van der Waals surface area contributed by atoms with Crippen LogP contribution in [0.25, 0.3) is 0 Å². The van der Waals surface area contributed by atoms with Gasteiger partial charge in [0.1, 0.15) is 11.6 Å². The normalized spacial score (nSPS) is 20.2. The smallest absolute Gasteiger partial charge is 0.243 e. The van der Waals surface area contributed by atoms with Gasteiger partial charge in [-0.3, -0.25) is 4.79 Å². The zero-order valence-electron chi connectivity index (χ0n) is 21.9. The number of benzene rings is 3. The van der Waals surface area contributed by atoms with E-state index in [1.54, 1.807) is 12.1 Å². The van der Waals surface area contributed by atoms with E-state index in [4.69, 9.17) is 4.74 Å². The van der Waals surface area contributed by atoms with Crippen LogP contribution in [0.3, 0.4) is 0 Å². The summed E-state index contributed by atoms with van der Waals surface area (Å²) < 4.78 is 61.8. The summed E-state index contributed by atoms with van der Waals surface area (Å²) in [7, 11) is -3.73. The lowest BCUT2D eigenvalue weighted by atomic mass is 9.79. The molecular weight excluding hydrogens is 649 g/mol. The molecule has 212 valence electrons. The molecule has 0 bridgehead atoms. The predicted octanol–water partition coefficient (Wildman–Crippen LogP) is 6.11. The van der Waals surface area contributed by atoms with Crippen molar-refractivity contribution in [2.75, 3.05) is 25.1 Å². The molecule has 0 saturated carbocycles. The molecule has 1 unspecified atom stereocenters. The molecule has 0 aliphatic carbocycles. The monoisotopic (exact) mass is 680 g/mol. The second-order valence-electron chi connectivity index (χ2n) is 10.3. The Hall–Kier alpha value is -2.41. The van der Waals surface area contributed by atoms with E-state index in [0.29, 0.717) is 43.3 Å². The Kier molecular flexibility index (Phi) is 9.18. The summed E-state index contributed by atoms with van der Waals surface area (Å²) in [6.45, 7) is 1.67. The van der Waals surface area contributed by atoms with E-state index in [-0.39, 0.29) is 35.6 Å². The van der Waals surface area contributed by atoms with Crippen LogP contribution < -0.4 is 5.32 Å². The van der Waals surface area contributed by atoms with Crippen LogP contribution in [0.4, 0.5) is 14.5 Å². The van der Waals surface area contributed by atoms with Crippen LogP contribution in [-0.2, 0) is 26.0 Å². The van der Waals surface area contributed by atoms with E-state index in [0.717, 1.165) is 34.1 Å². The Morgan fingerprint density at radius 1 is 1.02 bits per heavy atom. The molecule has 3 aromatic rings. The molecule has 2 aliphatic heterocycles. The zero-order valence-corrected chi connectivity index (χ0v) is 24.8. The summed E-state index contributed by atoms with van der Waals surface area (Å²) in [6, 6.07) is 17.3. The Bertz CT molecular complexity index is 1450. The standard InChI is InChI=1S/C30H31F2IN2O4S/c31-22-6-11-25(12-7-22)40(37,38)35-19-24(35)10-13-26-28(32)2-1-3-29(26)34-30(36)18-27(21-14-16-39-17-15-21)20-4-8-23(33)9-5-20/h1-9,11-12,21,24,27H,10,13-19H2,(H,34,36)/t24-,27+,35?/m0/s1. The third kappa shape index (κ3) is 6.89. The van der Waals surface area contributed by atoms with Gasteiger partial charge in [-0.2, -0.15) is 4.31 Å². The summed E-state index contributed by atoms with van der Waals surface area (Å²) in [4.78, 5) is 13.3. The van der Waals surface area contributed by atoms with Crippen molar-refractivity contribution in [1.29, 1.82) is 0 Å². The quantitative estimate of drug-likeness (QED) is 0.207. The van der Waals surface area contributed by atoms with Crippen molar-refractivity contribution in [3.05, 3.63) is 93.1 Å². The topological polar surface area (TPSA) is 75.5 Å². The minimum Gasteiger partial charge on any atom is -0.381 e. The summed E-state index contributed by atoms with van der Waals surface area (Å²) in [5.74, 6) is -0.795. The first-order valence-electron chi connectivity index (χ1n) is 13.4. The van der Waals surface area contributed by atoms with Crippen LogP contribution in [-0.4, -0.2) is 44.4 Å². The van der Waals surface area contributed by atoms with Crippen LogP contribution in [0.2, 0.25) is 0 Å². The van der Waals surface area contributed by atoms with E-state index in [2.05, 4.69) is 40.0 Å². The van der Waals surface area contributed by atoms with Crippen molar-refractivity contribution in [3.8, 4) is 0 Å². The van der Waals surface area contributed by atoms with Gasteiger partial charge in [0.05, 0.1) is 4.90 Å². The number of nitrogens with one attached hydrogen (secondary N) is 1. The van der Waals surface area contributed by atoms with Gasteiger partial charge >= 0.3 is 0 Å². The van der Waals surface area contributed by atoms with Gasteiger partial charge in [0.2, 0.25) is 15.9 Å². The van der Waals surface area contributed by atoms with Crippen molar-refractivity contribution in [1.82, 2.24) is 4.31 Å². The van der Waals surface area contributed by atoms with Crippen LogP contribution in [0.15, 0.2) is 71.6 Å². The average Bonchev–Trinajstić information content (AvgIpc) is 3.74. The highest BCUT2D eigenvalue weighted by atomic mass is 127. The summed E-state index contributed by atoms with van der Waals surface area (Å²) in [6.07, 6.45) is 2.70. The first kappa shape index (κ1) is 29.1. The number of carbonyl (C=O) groups is 1. The number of anilines is 1. The highest BCUT2D eigenvalue weighted by Gasteiger charge is 2.44. The molecule has 40 heavy (non-hydrogen) atoms. The Balaban J connectivity index is 1.25. The molecule has 5 rings (SSSR count). The molecule has 2 fully saturated rings. The first-order valence-corrected chi connectivity index (χ1v) is 15.9. The molecule has 1 N–H and O–H groups in total. The third-order valence-electron chi connectivity index (χ3n) is 7.74. The number of ether oxygens (including phenoxy) is 1. The Morgan fingerprint density at radius 2 is 1.73 bits per heavy atom. The number of sulfonamides is 1. The number of nitrogens with zero attached hydrogens (tertiary/aromatic N) is 1. The highest BCUT2D eigenvalue weighted by molar-refractivity contribution is 14.1. The van der Waals surface area contributed by atoms with Crippen molar-refractivity contribution >= 4 is 44.2 Å². The van der Waals surface area contributed by atoms with E-state index in [9.17, 15) is 22.0 Å². The fourth-order valence-electron chi connectivity index (χ4n) is 5.46. The second kappa shape index (κ2) is 12.6. The van der Waals surface area contributed by atoms with Crippen LogP contribution in [0.1, 0.15) is 42.7 Å². The molecule has 2 saturated heterocycles. The number of amides is 1. The predicted molar refractivity (Wildman–Crippen MR) is 157 cm³/mol. The number of carbonyl (C=O) groups excluding carboxylic acids is 1. The average molecular weight is 681 g/mol. The Labute approximate surface area is 247 Å². The summed E-state index contributed by atoms with van der Waals surface area (Å²) in [5.41, 5.74) is 1.88. The number of rotatable bonds is 10. The fourth-order valence-corrected chi connectivity index (χ4v) is 7.44.